The average molecular weight is 595 g/mol. The van der Waals surface area contributed by atoms with Gasteiger partial charge in [-0.2, -0.15) is 0 Å². The zero-order valence-corrected chi connectivity index (χ0v) is 24.1. The summed E-state index contributed by atoms with van der Waals surface area (Å²) < 4.78 is 5.43. The van der Waals surface area contributed by atoms with Gasteiger partial charge in [-0.15, -0.1) is 11.3 Å². The molecule has 3 amide bonds. The van der Waals surface area contributed by atoms with E-state index < -0.39 is 0 Å². The molecule has 0 aliphatic carbocycles. The Bertz CT molecular complexity index is 1750. The van der Waals surface area contributed by atoms with E-state index in [9.17, 15) is 9.59 Å². The fourth-order valence-electron chi connectivity index (χ4n) is 5.05. The van der Waals surface area contributed by atoms with E-state index >= 15 is 0 Å². The molecule has 11 heteroatoms. The smallest absolute Gasteiger partial charge is 0.332 e. The Morgan fingerprint density at radius 2 is 1.69 bits per heavy atom. The van der Waals surface area contributed by atoms with Crippen LogP contribution in [0.5, 0.6) is 0 Å². The molecule has 2 aliphatic heterocycles. The molecule has 9 nitrogen and oxygen atoms in total. The minimum Gasteiger partial charge on any atom is -0.379 e. The number of carbonyl (C=O) groups is 2. The summed E-state index contributed by atoms with van der Waals surface area (Å²) in [5, 5.41) is 6.56. The third kappa shape index (κ3) is 5.35. The van der Waals surface area contributed by atoms with Gasteiger partial charge >= 0.3 is 6.03 Å². The molecule has 3 aromatic carbocycles. The third-order valence-electron chi connectivity index (χ3n) is 7.12. The van der Waals surface area contributed by atoms with Crippen LogP contribution in [-0.4, -0.2) is 53.1 Å². The lowest BCUT2D eigenvalue weighted by Crippen LogP contribution is -2.35. The molecule has 7 rings (SSSR count). The molecule has 1 fully saturated rings. The van der Waals surface area contributed by atoms with Crippen LogP contribution in [0.3, 0.4) is 0 Å². The minimum atomic E-state index is -0.383. The summed E-state index contributed by atoms with van der Waals surface area (Å²) in [5.74, 6) is 0.140. The van der Waals surface area contributed by atoms with Crippen LogP contribution in [0.4, 0.5) is 27.7 Å². The van der Waals surface area contributed by atoms with E-state index in [-0.39, 0.29) is 11.9 Å². The number of nitrogens with zero attached hydrogens (tertiary/aromatic N) is 4. The number of nitrogens with one attached hydrogen (secondary N) is 2. The standard InChI is InChI=1S/C31H26N6O3S2/c38-29(34-21-8-6-20(7-9-21)18-36-14-16-40-17-15-36)27-26-25-28(32-19-33-30(25)42-27)37(31(39)35-26)22-10-12-24(13-11-22)41-23-4-2-1-3-5-23/h1-13,19H,14-18H2,(H,34,38)(H,35,39). The molecule has 210 valence electrons. The Hall–Kier alpha value is -4.29. The van der Waals surface area contributed by atoms with E-state index in [1.54, 1.807) is 11.8 Å². The molecule has 0 unspecified atom stereocenters. The maximum atomic E-state index is 13.4. The molecule has 1 saturated heterocycles. The number of thiophene rings is 1. The lowest BCUT2D eigenvalue weighted by molar-refractivity contribution is 0.0342. The van der Waals surface area contributed by atoms with Crippen molar-refractivity contribution in [3.63, 3.8) is 0 Å². The molecular weight excluding hydrogens is 569 g/mol. The van der Waals surface area contributed by atoms with Crippen molar-refractivity contribution < 1.29 is 14.3 Å². The second-order valence-corrected chi connectivity index (χ2v) is 12.0. The molecular formula is C31H26N6O3S2. The maximum absolute atomic E-state index is 13.4. The zero-order chi connectivity index (χ0) is 28.5. The molecule has 2 aliphatic rings. The van der Waals surface area contributed by atoms with E-state index in [2.05, 4.69) is 37.6 Å². The predicted octanol–water partition coefficient (Wildman–Crippen LogP) is 6.61. The number of anilines is 4. The van der Waals surface area contributed by atoms with E-state index in [1.165, 1.54) is 28.1 Å². The van der Waals surface area contributed by atoms with E-state index in [0.29, 0.717) is 38.0 Å². The monoisotopic (exact) mass is 594 g/mol. The summed E-state index contributed by atoms with van der Waals surface area (Å²) >= 11 is 2.88. The highest BCUT2D eigenvalue weighted by atomic mass is 32.2. The van der Waals surface area contributed by atoms with Gasteiger partial charge in [0.25, 0.3) is 5.91 Å². The molecule has 5 aromatic rings. The molecule has 2 N–H and O–H groups in total. The van der Waals surface area contributed by atoms with Gasteiger partial charge in [0.1, 0.15) is 16.0 Å². The summed E-state index contributed by atoms with van der Waals surface area (Å²) in [6, 6.07) is 25.3. The number of rotatable bonds is 7. The van der Waals surface area contributed by atoms with Crippen molar-refractivity contribution in [1.29, 1.82) is 0 Å². The largest absolute Gasteiger partial charge is 0.379 e. The molecule has 0 spiro atoms. The normalized spacial score (nSPS) is 15.0. The van der Waals surface area contributed by atoms with Crippen LogP contribution >= 0.6 is 23.1 Å². The summed E-state index contributed by atoms with van der Waals surface area (Å²) in [5.41, 5.74) is 2.96. The van der Waals surface area contributed by atoms with Crippen LogP contribution in [0.2, 0.25) is 0 Å². The van der Waals surface area contributed by atoms with Crippen LogP contribution in [0.1, 0.15) is 15.2 Å². The quantitative estimate of drug-likeness (QED) is 0.219. The lowest BCUT2D eigenvalue weighted by Gasteiger charge is -2.27. The van der Waals surface area contributed by atoms with Crippen molar-refractivity contribution in [3.05, 3.63) is 95.6 Å². The topological polar surface area (TPSA) is 99.7 Å². The highest BCUT2D eigenvalue weighted by Gasteiger charge is 2.33. The van der Waals surface area contributed by atoms with Crippen molar-refractivity contribution in [2.45, 2.75) is 16.3 Å². The fourth-order valence-corrected chi connectivity index (χ4v) is 6.88. The van der Waals surface area contributed by atoms with Gasteiger partial charge in [0.05, 0.1) is 30.0 Å². The van der Waals surface area contributed by atoms with E-state index in [4.69, 9.17) is 4.74 Å². The molecule has 0 atom stereocenters. The first kappa shape index (κ1) is 26.6. The van der Waals surface area contributed by atoms with Gasteiger partial charge in [0.2, 0.25) is 0 Å². The second-order valence-electron chi connectivity index (χ2n) is 9.90. The van der Waals surface area contributed by atoms with Crippen molar-refractivity contribution in [2.24, 2.45) is 0 Å². The van der Waals surface area contributed by atoms with Gasteiger partial charge in [-0.3, -0.25) is 9.69 Å². The molecule has 2 aromatic heterocycles. The maximum Gasteiger partial charge on any atom is 0.332 e. The number of urea groups is 1. The average Bonchev–Trinajstić information content (AvgIpc) is 3.39. The Morgan fingerprint density at radius 3 is 2.45 bits per heavy atom. The first-order valence-electron chi connectivity index (χ1n) is 13.5. The number of hydrogen-bond acceptors (Lipinski definition) is 8. The molecule has 4 heterocycles. The second kappa shape index (κ2) is 11.5. The zero-order valence-electron chi connectivity index (χ0n) is 22.4. The van der Waals surface area contributed by atoms with Gasteiger partial charge in [-0.05, 0) is 54.1 Å². The van der Waals surface area contributed by atoms with E-state index in [0.717, 1.165) is 42.6 Å². The summed E-state index contributed by atoms with van der Waals surface area (Å²) in [7, 11) is 0. The Morgan fingerprint density at radius 1 is 0.952 bits per heavy atom. The number of aromatic nitrogens is 2. The summed E-state index contributed by atoms with van der Waals surface area (Å²) in [6.45, 7) is 4.19. The lowest BCUT2D eigenvalue weighted by atomic mass is 10.1. The number of carbonyl (C=O) groups excluding carboxylic acids is 2. The number of ether oxygens (including phenoxy) is 1. The van der Waals surface area contributed by atoms with Crippen molar-refractivity contribution >= 4 is 68.1 Å². The SMILES string of the molecule is O=C(Nc1ccc(CN2CCOCC2)cc1)c1sc2ncnc3c2c1NC(=O)N3c1ccc(Sc2ccccc2)cc1. The number of morpholine rings is 1. The van der Waals surface area contributed by atoms with Crippen molar-refractivity contribution in [2.75, 3.05) is 41.8 Å². The number of benzene rings is 3. The minimum absolute atomic E-state index is 0.309. The highest BCUT2D eigenvalue weighted by molar-refractivity contribution is 7.99. The summed E-state index contributed by atoms with van der Waals surface area (Å²) in [4.78, 5) is 42.8. The van der Waals surface area contributed by atoms with Crippen molar-refractivity contribution in [1.82, 2.24) is 14.9 Å². The first-order chi connectivity index (χ1) is 20.6. The van der Waals surface area contributed by atoms with Crippen LogP contribution < -0.4 is 15.5 Å². The predicted molar refractivity (Wildman–Crippen MR) is 166 cm³/mol. The highest BCUT2D eigenvalue weighted by Crippen LogP contribution is 2.45. The Labute approximate surface area is 250 Å². The molecule has 42 heavy (non-hydrogen) atoms. The van der Waals surface area contributed by atoms with Gasteiger partial charge in [-0.25, -0.2) is 19.7 Å². The van der Waals surface area contributed by atoms with Crippen LogP contribution in [-0.2, 0) is 11.3 Å². The Balaban J connectivity index is 1.11. The Kier molecular flexibility index (Phi) is 7.30. The molecule has 0 saturated carbocycles. The van der Waals surface area contributed by atoms with E-state index in [1.807, 2.05) is 66.7 Å². The first-order valence-corrected chi connectivity index (χ1v) is 15.2. The van der Waals surface area contributed by atoms with Crippen molar-refractivity contribution in [3.8, 4) is 0 Å². The van der Waals surface area contributed by atoms with Gasteiger partial charge in [0.15, 0.2) is 5.82 Å². The van der Waals surface area contributed by atoms with Crippen LogP contribution in [0.25, 0.3) is 10.2 Å². The van der Waals surface area contributed by atoms with Gasteiger partial charge < -0.3 is 15.4 Å². The molecule has 0 bridgehead atoms. The van der Waals surface area contributed by atoms with Crippen LogP contribution in [0, 0.1) is 0 Å². The number of hydrogen-bond donors (Lipinski definition) is 2. The third-order valence-corrected chi connectivity index (χ3v) is 9.23. The summed E-state index contributed by atoms with van der Waals surface area (Å²) in [6.07, 6.45) is 1.43. The van der Waals surface area contributed by atoms with Gasteiger partial charge in [-0.1, -0.05) is 42.1 Å². The molecule has 0 radical (unpaired) electrons. The van der Waals surface area contributed by atoms with Crippen LogP contribution in [0.15, 0.2) is 95.0 Å². The van der Waals surface area contributed by atoms with Gasteiger partial charge in [0, 0.05) is 35.1 Å². The fraction of sp³-hybridized carbons (Fsp3) is 0.161. The number of amides is 3.